The van der Waals surface area contributed by atoms with Gasteiger partial charge in [-0.3, -0.25) is 9.48 Å². The SMILES string of the molecule is C[C@@H](C(=O)Nc1nn(CC(F)(F)F)c(-c2ccc(F)cc2)c1C1CCC1)C1(C(F)(F)F)CC1. The summed E-state index contributed by atoms with van der Waals surface area (Å²) in [4.78, 5) is 12.8. The Labute approximate surface area is 185 Å². The van der Waals surface area contributed by atoms with Crippen molar-refractivity contribution in [2.45, 2.75) is 63.8 Å². The molecule has 4 rings (SSSR count). The van der Waals surface area contributed by atoms with Crippen molar-refractivity contribution < 1.29 is 35.5 Å². The summed E-state index contributed by atoms with van der Waals surface area (Å²) in [5.74, 6) is -3.32. The number of amides is 1. The third kappa shape index (κ3) is 4.46. The molecule has 2 fully saturated rings. The van der Waals surface area contributed by atoms with E-state index in [1.54, 1.807) is 0 Å². The lowest BCUT2D eigenvalue weighted by molar-refractivity contribution is -0.201. The van der Waals surface area contributed by atoms with Crippen molar-refractivity contribution in [3.8, 4) is 11.3 Å². The van der Waals surface area contributed by atoms with Crippen LogP contribution in [0.15, 0.2) is 24.3 Å². The number of hydrogen-bond acceptors (Lipinski definition) is 2. The highest BCUT2D eigenvalue weighted by Crippen LogP contribution is 2.62. The Hall–Kier alpha value is -2.59. The Kier molecular flexibility index (Phi) is 5.73. The zero-order valence-electron chi connectivity index (χ0n) is 17.7. The van der Waals surface area contributed by atoms with Gasteiger partial charge in [0.1, 0.15) is 12.4 Å². The van der Waals surface area contributed by atoms with Crippen molar-refractivity contribution in [2.24, 2.45) is 11.3 Å². The number of carbonyl (C=O) groups is 1. The van der Waals surface area contributed by atoms with Crippen LogP contribution in [0.5, 0.6) is 0 Å². The Bertz CT molecular complexity index is 1030. The average molecular weight is 477 g/mol. The molecule has 0 saturated heterocycles. The van der Waals surface area contributed by atoms with Gasteiger partial charge in [-0.25, -0.2) is 4.39 Å². The number of carbonyl (C=O) groups excluding carboxylic acids is 1. The van der Waals surface area contributed by atoms with E-state index in [0.717, 1.165) is 18.6 Å². The summed E-state index contributed by atoms with van der Waals surface area (Å²) in [6.45, 7) is -0.288. The minimum atomic E-state index is -4.64. The van der Waals surface area contributed by atoms with Gasteiger partial charge in [-0.2, -0.15) is 31.4 Å². The maximum atomic E-state index is 13.5. The third-order valence-corrected chi connectivity index (χ3v) is 6.77. The van der Waals surface area contributed by atoms with E-state index in [-0.39, 0.29) is 35.8 Å². The van der Waals surface area contributed by atoms with Crippen LogP contribution in [-0.4, -0.2) is 28.0 Å². The second kappa shape index (κ2) is 8.02. The summed E-state index contributed by atoms with van der Waals surface area (Å²) in [5, 5.41) is 6.37. The summed E-state index contributed by atoms with van der Waals surface area (Å²) in [7, 11) is 0. The molecule has 180 valence electrons. The van der Waals surface area contributed by atoms with Crippen LogP contribution in [0.25, 0.3) is 11.3 Å². The summed E-state index contributed by atoms with van der Waals surface area (Å²) in [5.41, 5.74) is -1.42. The smallest absolute Gasteiger partial charge is 0.309 e. The van der Waals surface area contributed by atoms with Crippen molar-refractivity contribution >= 4 is 11.7 Å². The van der Waals surface area contributed by atoms with Gasteiger partial charge in [0.05, 0.1) is 11.1 Å². The number of halogens is 7. The van der Waals surface area contributed by atoms with Crippen LogP contribution in [0, 0.1) is 17.2 Å². The fraction of sp³-hybridized carbons (Fsp3) is 0.545. The molecule has 0 radical (unpaired) electrons. The van der Waals surface area contributed by atoms with E-state index in [1.807, 2.05) is 0 Å². The molecule has 2 aromatic rings. The maximum Gasteiger partial charge on any atom is 0.408 e. The summed E-state index contributed by atoms with van der Waals surface area (Å²) < 4.78 is 94.4. The highest BCUT2D eigenvalue weighted by molar-refractivity contribution is 5.94. The molecular formula is C22H22F7N3O. The van der Waals surface area contributed by atoms with Crippen LogP contribution in [0.3, 0.4) is 0 Å². The van der Waals surface area contributed by atoms with Gasteiger partial charge in [0.2, 0.25) is 5.91 Å². The van der Waals surface area contributed by atoms with E-state index in [4.69, 9.17) is 0 Å². The number of aromatic nitrogens is 2. The average Bonchev–Trinajstić information content (AvgIpc) is 3.41. The Balaban J connectivity index is 1.75. The molecule has 2 saturated carbocycles. The van der Waals surface area contributed by atoms with Gasteiger partial charge in [0.15, 0.2) is 5.82 Å². The monoisotopic (exact) mass is 477 g/mol. The van der Waals surface area contributed by atoms with E-state index in [1.165, 1.54) is 19.1 Å². The van der Waals surface area contributed by atoms with Gasteiger partial charge in [-0.15, -0.1) is 0 Å². The quantitative estimate of drug-likeness (QED) is 0.487. The first-order valence-electron chi connectivity index (χ1n) is 10.6. The number of nitrogens with zero attached hydrogens (tertiary/aromatic N) is 2. The third-order valence-electron chi connectivity index (χ3n) is 6.77. The van der Waals surface area contributed by atoms with Gasteiger partial charge in [0, 0.05) is 17.0 Å². The fourth-order valence-corrected chi connectivity index (χ4v) is 4.42. The first-order valence-corrected chi connectivity index (χ1v) is 10.6. The Morgan fingerprint density at radius 3 is 2.21 bits per heavy atom. The minimum Gasteiger partial charge on any atom is -0.309 e. The Morgan fingerprint density at radius 2 is 1.76 bits per heavy atom. The number of alkyl halides is 6. The molecule has 0 bridgehead atoms. The summed E-state index contributed by atoms with van der Waals surface area (Å²) >= 11 is 0. The van der Waals surface area contributed by atoms with Gasteiger partial charge in [-0.05, 0) is 55.9 Å². The molecule has 2 aliphatic rings. The highest BCUT2D eigenvalue weighted by atomic mass is 19.4. The van der Waals surface area contributed by atoms with Crippen molar-refractivity contribution in [1.29, 1.82) is 0 Å². The number of hydrogen-bond donors (Lipinski definition) is 1. The van der Waals surface area contributed by atoms with E-state index in [2.05, 4.69) is 10.4 Å². The minimum absolute atomic E-state index is 0.0805. The molecule has 0 aliphatic heterocycles. The number of nitrogens with one attached hydrogen (secondary N) is 1. The molecular weight excluding hydrogens is 455 g/mol. The lowest BCUT2D eigenvalue weighted by atomic mass is 9.78. The second-order valence-corrected chi connectivity index (χ2v) is 8.88. The lowest BCUT2D eigenvalue weighted by Gasteiger charge is -2.28. The second-order valence-electron chi connectivity index (χ2n) is 8.88. The molecule has 0 spiro atoms. The van der Waals surface area contributed by atoms with Crippen LogP contribution in [-0.2, 0) is 11.3 Å². The highest BCUT2D eigenvalue weighted by Gasteiger charge is 2.67. The molecule has 1 heterocycles. The van der Waals surface area contributed by atoms with Gasteiger partial charge in [0.25, 0.3) is 0 Å². The van der Waals surface area contributed by atoms with E-state index in [0.29, 0.717) is 23.1 Å². The van der Waals surface area contributed by atoms with Gasteiger partial charge in [-0.1, -0.05) is 13.3 Å². The molecule has 1 aromatic heterocycles. The fourth-order valence-electron chi connectivity index (χ4n) is 4.42. The van der Waals surface area contributed by atoms with Crippen molar-refractivity contribution in [3.63, 3.8) is 0 Å². The first kappa shape index (κ1) is 23.6. The van der Waals surface area contributed by atoms with Crippen LogP contribution < -0.4 is 5.32 Å². The first-order chi connectivity index (χ1) is 15.3. The van der Waals surface area contributed by atoms with Crippen LogP contribution in [0.1, 0.15) is 50.5 Å². The Morgan fingerprint density at radius 1 is 1.15 bits per heavy atom. The number of anilines is 1. The molecule has 1 N–H and O–H groups in total. The van der Waals surface area contributed by atoms with Crippen molar-refractivity contribution in [2.75, 3.05) is 5.32 Å². The molecule has 33 heavy (non-hydrogen) atoms. The summed E-state index contributed by atoms with van der Waals surface area (Å²) in [6.07, 6.45) is -7.46. The predicted molar refractivity (Wildman–Crippen MR) is 106 cm³/mol. The van der Waals surface area contributed by atoms with Gasteiger partial charge >= 0.3 is 12.4 Å². The molecule has 0 unspecified atom stereocenters. The van der Waals surface area contributed by atoms with Crippen molar-refractivity contribution in [1.82, 2.24) is 9.78 Å². The molecule has 2 aliphatic carbocycles. The topological polar surface area (TPSA) is 46.9 Å². The van der Waals surface area contributed by atoms with Gasteiger partial charge < -0.3 is 5.32 Å². The lowest BCUT2D eigenvalue weighted by Crippen LogP contribution is -2.38. The van der Waals surface area contributed by atoms with E-state index in [9.17, 15) is 35.5 Å². The molecule has 1 amide bonds. The predicted octanol–water partition coefficient (Wildman–Crippen LogP) is 6.44. The standard InChI is InChI=1S/C22H22F7N3O/c1-12(20(9-10-20)22(27,28)29)19(33)30-18-16(13-3-2-4-13)17(14-5-7-15(23)8-6-14)32(31-18)11-21(24,25)26/h5-8,12-13H,2-4,9-11H2,1H3,(H,30,31,33)/t12-/m0/s1. The van der Waals surface area contributed by atoms with E-state index < -0.39 is 42.0 Å². The molecule has 4 nitrogen and oxygen atoms in total. The molecule has 11 heteroatoms. The number of rotatable bonds is 6. The van der Waals surface area contributed by atoms with Crippen LogP contribution in [0.2, 0.25) is 0 Å². The zero-order valence-corrected chi connectivity index (χ0v) is 17.7. The van der Waals surface area contributed by atoms with E-state index >= 15 is 0 Å². The van der Waals surface area contributed by atoms with Crippen molar-refractivity contribution in [3.05, 3.63) is 35.6 Å². The van der Waals surface area contributed by atoms with Crippen LogP contribution in [0.4, 0.5) is 36.6 Å². The number of benzene rings is 1. The molecule has 1 atom stereocenters. The molecule has 1 aromatic carbocycles. The normalized spacial score (nSPS) is 19.2. The van der Waals surface area contributed by atoms with Crippen LogP contribution >= 0.6 is 0 Å². The summed E-state index contributed by atoms with van der Waals surface area (Å²) in [6, 6.07) is 4.84. The zero-order chi connectivity index (χ0) is 24.2. The maximum absolute atomic E-state index is 13.5. The largest absolute Gasteiger partial charge is 0.408 e.